The van der Waals surface area contributed by atoms with E-state index < -0.39 is 57.5 Å². The van der Waals surface area contributed by atoms with Gasteiger partial charge in [-0.2, -0.15) is 0 Å². The summed E-state index contributed by atoms with van der Waals surface area (Å²) in [5.74, 6) is -9.49. The van der Waals surface area contributed by atoms with Gasteiger partial charge in [0.05, 0.1) is 5.56 Å². The highest BCUT2D eigenvalue weighted by molar-refractivity contribution is 5.71. The maximum absolute atomic E-state index is 14.2. The van der Waals surface area contributed by atoms with Crippen molar-refractivity contribution < 1.29 is 26.3 Å². The second kappa shape index (κ2) is 5.66. The highest BCUT2D eigenvalue weighted by atomic mass is 19.2. The summed E-state index contributed by atoms with van der Waals surface area (Å²) in [6.45, 7) is 4.02. The lowest BCUT2D eigenvalue weighted by atomic mass is 9.90. The molecule has 0 saturated carbocycles. The van der Waals surface area contributed by atoms with Crippen molar-refractivity contribution in [3.63, 3.8) is 0 Å². The predicted molar refractivity (Wildman–Crippen MR) is 70.5 cm³/mol. The highest BCUT2D eigenvalue weighted by Crippen LogP contribution is 2.38. The summed E-state index contributed by atoms with van der Waals surface area (Å²) < 4.78 is 82.6. The minimum atomic E-state index is -1.90. The molecular weight excluding hydrogens is 306 g/mol. The van der Waals surface area contributed by atoms with Crippen LogP contribution in [0.2, 0.25) is 0 Å². The molecule has 0 aromatic heterocycles. The number of hydrogen-bond acceptors (Lipinski definition) is 0. The minimum Gasteiger partial charge on any atom is -0.207 e. The van der Waals surface area contributed by atoms with Crippen molar-refractivity contribution in [3.8, 4) is 11.1 Å². The molecule has 0 aliphatic rings. The monoisotopic (exact) mass is 318 g/mol. The third-order valence-electron chi connectivity index (χ3n) is 3.44. The van der Waals surface area contributed by atoms with Crippen molar-refractivity contribution >= 4 is 0 Å². The van der Waals surface area contributed by atoms with Crippen molar-refractivity contribution in [2.45, 2.75) is 26.7 Å². The predicted octanol–water partition coefficient (Wildman–Crippen LogP) is 5.62. The van der Waals surface area contributed by atoms with Crippen LogP contribution in [0.15, 0.2) is 12.1 Å². The van der Waals surface area contributed by atoms with Gasteiger partial charge in [-0.15, -0.1) is 0 Å². The number of halogens is 6. The summed E-state index contributed by atoms with van der Waals surface area (Å²) in [5, 5.41) is 0. The summed E-state index contributed by atoms with van der Waals surface area (Å²) in [7, 11) is 0. The minimum absolute atomic E-state index is 0.0410. The third kappa shape index (κ3) is 2.46. The maximum atomic E-state index is 14.2. The second-order valence-electron chi connectivity index (χ2n) is 5.26. The molecule has 0 aliphatic heterocycles. The molecule has 0 heterocycles. The molecule has 0 bridgehead atoms. The summed E-state index contributed by atoms with van der Waals surface area (Å²) >= 11 is 0. The van der Waals surface area contributed by atoms with Crippen molar-refractivity contribution in [3.05, 3.63) is 58.2 Å². The van der Waals surface area contributed by atoms with Crippen LogP contribution in [-0.4, -0.2) is 0 Å². The Balaban J connectivity index is 2.95. The zero-order valence-corrected chi connectivity index (χ0v) is 12.0. The zero-order valence-electron chi connectivity index (χ0n) is 12.0. The van der Waals surface area contributed by atoms with E-state index in [2.05, 4.69) is 0 Å². The van der Waals surface area contributed by atoms with Crippen LogP contribution in [-0.2, 0) is 0 Å². The van der Waals surface area contributed by atoms with Crippen molar-refractivity contribution in [1.82, 2.24) is 0 Å². The van der Waals surface area contributed by atoms with E-state index >= 15 is 0 Å². The van der Waals surface area contributed by atoms with Crippen molar-refractivity contribution in [2.24, 2.45) is 0 Å². The van der Waals surface area contributed by atoms with Crippen LogP contribution in [0.1, 0.15) is 30.9 Å². The van der Waals surface area contributed by atoms with Crippen molar-refractivity contribution in [1.29, 1.82) is 0 Å². The Morgan fingerprint density at radius 2 is 1.32 bits per heavy atom. The number of benzene rings is 2. The first-order valence-corrected chi connectivity index (χ1v) is 6.48. The molecule has 0 nitrogen and oxygen atoms in total. The molecule has 0 amide bonds. The normalized spacial score (nSPS) is 11.4. The fourth-order valence-corrected chi connectivity index (χ4v) is 2.28. The lowest BCUT2D eigenvalue weighted by Crippen LogP contribution is -2.07. The van der Waals surface area contributed by atoms with Crippen LogP contribution < -0.4 is 0 Å². The van der Waals surface area contributed by atoms with Gasteiger partial charge in [0.25, 0.3) is 0 Å². The Morgan fingerprint density at radius 3 is 1.86 bits per heavy atom. The van der Waals surface area contributed by atoms with Crippen LogP contribution in [0.4, 0.5) is 26.3 Å². The van der Waals surface area contributed by atoms with Gasteiger partial charge < -0.3 is 0 Å². The van der Waals surface area contributed by atoms with Crippen LogP contribution in [0.5, 0.6) is 0 Å². The first-order chi connectivity index (χ1) is 10.2. The van der Waals surface area contributed by atoms with Gasteiger partial charge in [-0.25, -0.2) is 26.3 Å². The van der Waals surface area contributed by atoms with Crippen molar-refractivity contribution in [2.75, 3.05) is 0 Å². The van der Waals surface area contributed by atoms with Gasteiger partial charge in [0, 0.05) is 17.2 Å². The summed E-state index contributed by atoms with van der Waals surface area (Å²) in [4.78, 5) is 0. The molecular formula is C16H12F6. The van der Waals surface area contributed by atoms with E-state index in [0.717, 1.165) is 13.0 Å². The summed E-state index contributed by atoms with van der Waals surface area (Å²) in [5.41, 5.74) is -2.45. The third-order valence-corrected chi connectivity index (χ3v) is 3.44. The van der Waals surface area contributed by atoms with Crippen LogP contribution in [0.25, 0.3) is 11.1 Å². The molecule has 22 heavy (non-hydrogen) atoms. The standard InChI is InChI=1S/C16H12F6/c1-6(2)9-4-8(17)5-10(18)11(9)12-13(19)7(3)14(20)16(22)15(12)21/h4-6H,1-3H3. The molecule has 2 aromatic carbocycles. The van der Waals surface area contributed by atoms with Crippen LogP contribution in [0.3, 0.4) is 0 Å². The van der Waals surface area contributed by atoms with E-state index in [1.165, 1.54) is 0 Å². The fourth-order valence-electron chi connectivity index (χ4n) is 2.28. The SMILES string of the molecule is Cc1c(F)c(F)c(F)c(-c2c(F)cc(F)cc2C(C)C)c1F. The van der Waals surface area contributed by atoms with Gasteiger partial charge in [0.1, 0.15) is 17.5 Å². The summed E-state index contributed by atoms with van der Waals surface area (Å²) in [6, 6.07) is 1.36. The van der Waals surface area contributed by atoms with Crippen LogP contribution in [0, 0.1) is 41.8 Å². The van der Waals surface area contributed by atoms with Gasteiger partial charge in [-0.05, 0) is 24.5 Å². The molecule has 0 N–H and O–H groups in total. The first-order valence-electron chi connectivity index (χ1n) is 6.48. The largest absolute Gasteiger partial charge is 0.207 e. The maximum Gasteiger partial charge on any atom is 0.195 e. The molecule has 2 aromatic rings. The lowest BCUT2D eigenvalue weighted by molar-refractivity contribution is 0.430. The average Bonchev–Trinajstić information content (AvgIpc) is 2.44. The van der Waals surface area contributed by atoms with Gasteiger partial charge in [-0.1, -0.05) is 13.8 Å². The molecule has 0 spiro atoms. The molecule has 6 heteroatoms. The Hall–Kier alpha value is -1.98. The quantitative estimate of drug-likeness (QED) is 0.383. The topological polar surface area (TPSA) is 0 Å². The molecule has 0 unspecified atom stereocenters. The smallest absolute Gasteiger partial charge is 0.195 e. The molecule has 118 valence electrons. The van der Waals surface area contributed by atoms with Gasteiger partial charge in [0.2, 0.25) is 0 Å². The van der Waals surface area contributed by atoms with E-state index in [1.807, 2.05) is 0 Å². The van der Waals surface area contributed by atoms with E-state index in [-0.39, 0.29) is 5.56 Å². The van der Waals surface area contributed by atoms with E-state index in [4.69, 9.17) is 0 Å². The van der Waals surface area contributed by atoms with E-state index in [0.29, 0.717) is 6.07 Å². The first kappa shape index (κ1) is 16.4. The van der Waals surface area contributed by atoms with Gasteiger partial charge in [-0.3, -0.25) is 0 Å². The van der Waals surface area contributed by atoms with Crippen LogP contribution >= 0.6 is 0 Å². The Morgan fingerprint density at radius 1 is 0.727 bits per heavy atom. The average molecular weight is 318 g/mol. The highest BCUT2D eigenvalue weighted by Gasteiger charge is 2.28. The molecule has 0 atom stereocenters. The Bertz CT molecular complexity index is 720. The van der Waals surface area contributed by atoms with Gasteiger partial charge >= 0.3 is 0 Å². The number of rotatable bonds is 2. The molecule has 0 fully saturated rings. The van der Waals surface area contributed by atoms with Gasteiger partial charge in [0.15, 0.2) is 17.5 Å². The Kier molecular flexibility index (Phi) is 4.22. The second-order valence-corrected chi connectivity index (χ2v) is 5.26. The summed E-state index contributed by atoms with van der Waals surface area (Å²) in [6.07, 6.45) is 0. The number of hydrogen-bond donors (Lipinski definition) is 0. The van der Waals surface area contributed by atoms with E-state index in [1.54, 1.807) is 13.8 Å². The molecule has 2 rings (SSSR count). The lowest BCUT2D eigenvalue weighted by Gasteiger charge is -2.17. The molecule has 0 radical (unpaired) electrons. The molecule has 0 saturated heterocycles. The Labute approximate surface area is 123 Å². The molecule has 0 aliphatic carbocycles. The zero-order chi connectivity index (χ0) is 16.8. The fraction of sp³-hybridized carbons (Fsp3) is 0.250. The van der Waals surface area contributed by atoms with E-state index in [9.17, 15) is 26.3 Å².